The number of nitrogens with two attached hydrogens (primary N) is 1. The smallest absolute Gasteiger partial charge is 0.283 e. The van der Waals surface area contributed by atoms with Gasteiger partial charge in [0.25, 0.3) is 5.69 Å². The molecule has 1 aromatic carbocycles. The molecule has 2 aromatic rings. The number of nitrogen functional groups attached to an aromatic ring is 1. The van der Waals surface area contributed by atoms with Crippen molar-refractivity contribution in [3.8, 4) is 11.4 Å². The Labute approximate surface area is 90.5 Å². The molecule has 7 nitrogen and oxygen atoms in total. The second-order valence-corrected chi connectivity index (χ2v) is 3.27. The number of benzene rings is 1. The summed E-state index contributed by atoms with van der Waals surface area (Å²) in [5.41, 5.74) is 6.32. The number of hydrogen-bond donors (Lipinski definition) is 2. The fourth-order valence-corrected chi connectivity index (χ4v) is 1.49. The zero-order chi connectivity index (χ0) is 11.7. The molecule has 0 saturated heterocycles. The maximum Gasteiger partial charge on any atom is 0.283 e. The van der Waals surface area contributed by atoms with Crippen molar-refractivity contribution in [3.05, 3.63) is 33.9 Å². The molecular formula is C9H9N5O2. The van der Waals surface area contributed by atoms with E-state index in [2.05, 4.69) is 15.2 Å². The summed E-state index contributed by atoms with van der Waals surface area (Å²) < 4.78 is 0. The SMILES string of the molecule is Cc1cccc(-c2nc(N)n[nH]2)c1[N+](=O)[O-]. The summed E-state index contributed by atoms with van der Waals surface area (Å²) in [5.74, 6) is 0.360. The van der Waals surface area contributed by atoms with Gasteiger partial charge in [0.2, 0.25) is 5.95 Å². The number of aromatic nitrogens is 3. The zero-order valence-electron chi connectivity index (χ0n) is 8.47. The first-order chi connectivity index (χ1) is 7.59. The molecule has 0 spiro atoms. The van der Waals surface area contributed by atoms with Gasteiger partial charge in [-0.3, -0.25) is 15.2 Å². The zero-order valence-corrected chi connectivity index (χ0v) is 8.47. The molecule has 82 valence electrons. The van der Waals surface area contributed by atoms with Crippen molar-refractivity contribution in [2.75, 3.05) is 5.73 Å². The summed E-state index contributed by atoms with van der Waals surface area (Å²) in [7, 11) is 0. The highest BCUT2D eigenvalue weighted by atomic mass is 16.6. The lowest BCUT2D eigenvalue weighted by Gasteiger charge is -2.01. The van der Waals surface area contributed by atoms with Gasteiger partial charge >= 0.3 is 0 Å². The summed E-state index contributed by atoms with van der Waals surface area (Å²) in [4.78, 5) is 14.4. The van der Waals surface area contributed by atoms with Crippen LogP contribution in [0.1, 0.15) is 5.56 Å². The molecule has 0 amide bonds. The number of nitro benzene ring substituents is 1. The van der Waals surface area contributed by atoms with Gasteiger partial charge in [0.15, 0.2) is 5.82 Å². The molecule has 1 aromatic heterocycles. The Hall–Kier alpha value is -2.44. The minimum Gasteiger partial charge on any atom is -0.366 e. The highest BCUT2D eigenvalue weighted by Gasteiger charge is 2.20. The van der Waals surface area contributed by atoms with E-state index >= 15 is 0 Å². The molecule has 16 heavy (non-hydrogen) atoms. The Morgan fingerprint density at radius 1 is 1.50 bits per heavy atom. The average molecular weight is 219 g/mol. The predicted molar refractivity (Wildman–Crippen MR) is 57.6 cm³/mol. The molecule has 0 aliphatic carbocycles. The number of hydrogen-bond acceptors (Lipinski definition) is 5. The summed E-state index contributed by atoms with van der Waals surface area (Å²) in [6.07, 6.45) is 0. The van der Waals surface area contributed by atoms with Crippen molar-refractivity contribution in [1.82, 2.24) is 15.2 Å². The normalized spacial score (nSPS) is 10.3. The van der Waals surface area contributed by atoms with Crippen LogP contribution >= 0.6 is 0 Å². The molecule has 0 radical (unpaired) electrons. The molecule has 0 saturated carbocycles. The molecule has 0 unspecified atom stereocenters. The first-order valence-corrected chi connectivity index (χ1v) is 4.52. The predicted octanol–water partition coefficient (Wildman–Crippen LogP) is 1.27. The molecule has 0 atom stereocenters. The van der Waals surface area contributed by atoms with E-state index in [1.807, 2.05) is 0 Å². The lowest BCUT2D eigenvalue weighted by atomic mass is 10.1. The fourth-order valence-electron chi connectivity index (χ4n) is 1.49. The van der Waals surface area contributed by atoms with Crippen molar-refractivity contribution < 1.29 is 4.92 Å². The van der Waals surface area contributed by atoms with Crippen molar-refractivity contribution in [1.29, 1.82) is 0 Å². The van der Waals surface area contributed by atoms with E-state index in [1.165, 1.54) is 0 Å². The lowest BCUT2D eigenvalue weighted by Crippen LogP contribution is -1.96. The van der Waals surface area contributed by atoms with Gasteiger partial charge in [-0.05, 0) is 13.0 Å². The number of rotatable bonds is 2. The van der Waals surface area contributed by atoms with Crippen LogP contribution in [0, 0.1) is 17.0 Å². The molecule has 2 rings (SSSR count). The van der Waals surface area contributed by atoms with Gasteiger partial charge in [-0.2, -0.15) is 4.98 Å². The van der Waals surface area contributed by atoms with E-state index in [4.69, 9.17) is 5.73 Å². The van der Waals surface area contributed by atoms with Crippen LogP contribution in [0.2, 0.25) is 0 Å². The van der Waals surface area contributed by atoms with E-state index in [1.54, 1.807) is 25.1 Å². The van der Waals surface area contributed by atoms with Crippen LogP contribution in [0.3, 0.4) is 0 Å². The van der Waals surface area contributed by atoms with E-state index in [0.717, 1.165) is 0 Å². The minimum absolute atomic E-state index is 0.0126. The van der Waals surface area contributed by atoms with E-state index in [9.17, 15) is 10.1 Å². The Kier molecular flexibility index (Phi) is 2.28. The highest BCUT2D eigenvalue weighted by molar-refractivity contribution is 5.70. The van der Waals surface area contributed by atoms with Crippen LogP contribution in [0.5, 0.6) is 0 Å². The minimum atomic E-state index is -0.441. The Morgan fingerprint density at radius 2 is 2.25 bits per heavy atom. The Morgan fingerprint density at radius 3 is 2.81 bits per heavy atom. The number of nitrogens with one attached hydrogen (secondary N) is 1. The number of nitrogens with zero attached hydrogens (tertiary/aromatic N) is 3. The van der Waals surface area contributed by atoms with Gasteiger partial charge in [-0.25, -0.2) is 0 Å². The van der Waals surface area contributed by atoms with Crippen LogP contribution in [0.25, 0.3) is 11.4 Å². The van der Waals surface area contributed by atoms with Gasteiger partial charge < -0.3 is 5.73 Å². The van der Waals surface area contributed by atoms with Crippen LogP contribution < -0.4 is 5.73 Å². The number of nitro groups is 1. The molecule has 0 fully saturated rings. The van der Waals surface area contributed by atoms with Gasteiger partial charge in [0, 0.05) is 5.56 Å². The van der Waals surface area contributed by atoms with Gasteiger partial charge in [-0.15, -0.1) is 5.10 Å². The van der Waals surface area contributed by atoms with Crippen LogP contribution in [0.15, 0.2) is 18.2 Å². The van der Waals surface area contributed by atoms with Gasteiger partial charge in [0.1, 0.15) is 0 Å². The van der Waals surface area contributed by atoms with Gasteiger partial charge in [0.05, 0.1) is 10.5 Å². The molecule has 3 N–H and O–H groups in total. The van der Waals surface area contributed by atoms with E-state index in [-0.39, 0.29) is 11.6 Å². The summed E-state index contributed by atoms with van der Waals surface area (Å²) >= 11 is 0. The maximum atomic E-state index is 10.9. The van der Waals surface area contributed by atoms with Crippen LogP contribution in [0.4, 0.5) is 11.6 Å². The molecule has 0 bridgehead atoms. The summed E-state index contributed by atoms with van der Waals surface area (Å²) in [6.45, 7) is 1.67. The monoisotopic (exact) mass is 219 g/mol. The van der Waals surface area contributed by atoms with Crippen molar-refractivity contribution in [2.24, 2.45) is 0 Å². The molecule has 7 heteroatoms. The lowest BCUT2D eigenvalue weighted by molar-refractivity contribution is -0.384. The highest BCUT2D eigenvalue weighted by Crippen LogP contribution is 2.30. The third kappa shape index (κ3) is 1.58. The van der Waals surface area contributed by atoms with Crippen LogP contribution in [-0.2, 0) is 0 Å². The third-order valence-corrected chi connectivity index (χ3v) is 2.18. The van der Waals surface area contributed by atoms with E-state index < -0.39 is 4.92 Å². The number of anilines is 1. The first-order valence-electron chi connectivity index (χ1n) is 4.52. The second kappa shape index (κ2) is 3.61. The fraction of sp³-hybridized carbons (Fsp3) is 0.111. The first kappa shape index (κ1) is 10.1. The topological polar surface area (TPSA) is 111 Å². The van der Waals surface area contributed by atoms with Crippen molar-refractivity contribution in [2.45, 2.75) is 6.92 Å². The van der Waals surface area contributed by atoms with E-state index in [0.29, 0.717) is 17.0 Å². The molecule has 0 aliphatic rings. The third-order valence-electron chi connectivity index (χ3n) is 2.18. The van der Waals surface area contributed by atoms with Crippen LogP contribution in [-0.4, -0.2) is 20.1 Å². The molecule has 0 aliphatic heterocycles. The largest absolute Gasteiger partial charge is 0.366 e. The standard InChI is InChI=1S/C9H9N5O2/c1-5-3-2-4-6(7(5)14(15)16)8-11-9(10)13-12-8/h2-4H,1H3,(H3,10,11,12,13). The summed E-state index contributed by atoms with van der Waals surface area (Å²) in [6, 6.07) is 4.99. The number of para-hydroxylation sites is 1. The Balaban J connectivity index is 2.65. The van der Waals surface area contributed by atoms with Crippen molar-refractivity contribution >= 4 is 11.6 Å². The quantitative estimate of drug-likeness (QED) is 0.583. The molecule has 1 heterocycles. The van der Waals surface area contributed by atoms with Crippen molar-refractivity contribution in [3.63, 3.8) is 0 Å². The number of aryl methyl sites for hydroxylation is 1. The van der Waals surface area contributed by atoms with Gasteiger partial charge in [-0.1, -0.05) is 12.1 Å². The maximum absolute atomic E-state index is 10.9. The molecular weight excluding hydrogens is 210 g/mol. The Bertz CT molecular complexity index is 549. The summed E-state index contributed by atoms with van der Waals surface area (Å²) in [5, 5.41) is 17.1. The number of H-pyrrole nitrogens is 1. The average Bonchev–Trinajstić information content (AvgIpc) is 2.63. The second-order valence-electron chi connectivity index (χ2n) is 3.27. The number of aromatic amines is 1.